The lowest BCUT2D eigenvalue weighted by Gasteiger charge is -2.10. The molecule has 0 saturated carbocycles. The summed E-state index contributed by atoms with van der Waals surface area (Å²) in [6.45, 7) is 1.50. The summed E-state index contributed by atoms with van der Waals surface area (Å²) in [4.78, 5) is 43.3. The molecule has 0 radical (unpaired) electrons. The van der Waals surface area contributed by atoms with Crippen molar-refractivity contribution in [3.05, 3.63) is 58.4 Å². The van der Waals surface area contributed by atoms with Crippen molar-refractivity contribution in [2.24, 2.45) is 0 Å². The van der Waals surface area contributed by atoms with Crippen LogP contribution in [-0.4, -0.2) is 40.1 Å². The van der Waals surface area contributed by atoms with E-state index in [2.05, 4.69) is 15.3 Å². The van der Waals surface area contributed by atoms with Crippen molar-refractivity contribution >= 4 is 22.9 Å². The van der Waals surface area contributed by atoms with Gasteiger partial charge in [-0.3, -0.25) is 14.4 Å². The molecule has 8 nitrogen and oxygen atoms in total. The van der Waals surface area contributed by atoms with Crippen molar-refractivity contribution in [3.63, 3.8) is 0 Å². The Morgan fingerprint density at radius 3 is 2.63 bits per heavy atom. The molecule has 0 bridgehead atoms. The molecule has 0 atom stereocenters. The Kier molecular flexibility index (Phi) is 5.16. The Labute approximate surface area is 153 Å². The van der Waals surface area contributed by atoms with Crippen LogP contribution in [0.4, 0.5) is 0 Å². The SMILES string of the molecule is CCOC(=O)CNC(=O)c1c(O)ccc2[nH]c(=O)c(-c3ccccc3)nc12. The number of aromatic amines is 1. The van der Waals surface area contributed by atoms with Gasteiger partial charge in [-0.15, -0.1) is 0 Å². The van der Waals surface area contributed by atoms with Gasteiger partial charge in [0.2, 0.25) is 0 Å². The van der Waals surface area contributed by atoms with E-state index in [-0.39, 0.29) is 35.7 Å². The number of aromatic hydroxyl groups is 1. The molecule has 0 unspecified atom stereocenters. The van der Waals surface area contributed by atoms with Crippen molar-refractivity contribution in [1.29, 1.82) is 0 Å². The molecule has 0 spiro atoms. The van der Waals surface area contributed by atoms with Crippen LogP contribution in [0.3, 0.4) is 0 Å². The number of phenolic OH excluding ortho intramolecular Hbond substituents is 1. The average Bonchev–Trinajstić information content (AvgIpc) is 2.67. The third-order valence-corrected chi connectivity index (χ3v) is 3.82. The van der Waals surface area contributed by atoms with E-state index in [1.165, 1.54) is 12.1 Å². The summed E-state index contributed by atoms with van der Waals surface area (Å²) in [6, 6.07) is 11.5. The van der Waals surface area contributed by atoms with Crippen LogP contribution < -0.4 is 10.9 Å². The predicted octanol–water partition coefficient (Wildman–Crippen LogP) is 1.59. The Morgan fingerprint density at radius 2 is 1.93 bits per heavy atom. The summed E-state index contributed by atoms with van der Waals surface area (Å²) in [5.74, 6) is -1.62. The van der Waals surface area contributed by atoms with E-state index in [0.717, 1.165) is 0 Å². The van der Waals surface area contributed by atoms with Crippen molar-refractivity contribution < 1.29 is 19.4 Å². The first-order valence-electron chi connectivity index (χ1n) is 8.26. The van der Waals surface area contributed by atoms with Crippen LogP contribution in [0.1, 0.15) is 17.3 Å². The average molecular weight is 367 g/mol. The van der Waals surface area contributed by atoms with Crippen LogP contribution in [0, 0.1) is 0 Å². The number of phenols is 1. The van der Waals surface area contributed by atoms with Crippen molar-refractivity contribution in [2.75, 3.05) is 13.2 Å². The summed E-state index contributed by atoms with van der Waals surface area (Å²) < 4.78 is 4.76. The predicted molar refractivity (Wildman–Crippen MR) is 98.4 cm³/mol. The van der Waals surface area contributed by atoms with E-state index >= 15 is 0 Å². The number of esters is 1. The Balaban J connectivity index is 2.07. The molecule has 3 rings (SSSR count). The quantitative estimate of drug-likeness (QED) is 0.589. The largest absolute Gasteiger partial charge is 0.507 e. The lowest BCUT2D eigenvalue weighted by molar-refractivity contribution is -0.141. The number of carbonyl (C=O) groups excluding carboxylic acids is 2. The second kappa shape index (κ2) is 7.69. The number of ether oxygens (including phenoxy) is 1. The van der Waals surface area contributed by atoms with Crippen LogP contribution in [0.5, 0.6) is 5.75 Å². The minimum absolute atomic E-state index is 0.119. The molecule has 8 heteroatoms. The summed E-state index contributed by atoms with van der Waals surface area (Å²) in [5.41, 5.74) is 0.547. The first-order valence-corrected chi connectivity index (χ1v) is 8.26. The van der Waals surface area contributed by atoms with Crippen molar-refractivity contribution in [1.82, 2.24) is 15.3 Å². The van der Waals surface area contributed by atoms with Gasteiger partial charge in [-0.05, 0) is 19.1 Å². The lowest BCUT2D eigenvalue weighted by atomic mass is 10.1. The second-order valence-electron chi connectivity index (χ2n) is 5.62. The minimum atomic E-state index is -0.704. The maximum Gasteiger partial charge on any atom is 0.325 e. The van der Waals surface area contributed by atoms with Gasteiger partial charge in [0.05, 0.1) is 12.1 Å². The fourth-order valence-corrected chi connectivity index (χ4v) is 2.61. The maximum atomic E-state index is 12.5. The molecule has 0 fully saturated rings. The number of hydrogen-bond donors (Lipinski definition) is 3. The van der Waals surface area contributed by atoms with E-state index in [1.54, 1.807) is 37.3 Å². The topological polar surface area (TPSA) is 121 Å². The molecule has 1 aromatic heterocycles. The lowest BCUT2D eigenvalue weighted by Crippen LogP contribution is -2.31. The number of carbonyl (C=O) groups is 2. The van der Waals surface area contributed by atoms with Gasteiger partial charge in [-0.25, -0.2) is 4.98 Å². The van der Waals surface area contributed by atoms with Gasteiger partial charge >= 0.3 is 5.97 Å². The Hall–Kier alpha value is -3.68. The smallest absolute Gasteiger partial charge is 0.325 e. The zero-order valence-electron chi connectivity index (χ0n) is 14.5. The van der Waals surface area contributed by atoms with Crippen LogP contribution in [0.25, 0.3) is 22.3 Å². The molecule has 0 aliphatic heterocycles. The highest BCUT2D eigenvalue weighted by atomic mass is 16.5. The van der Waals surface area contributed by atoms with Crippen molar-refractivity contribution in [2.45, 2.75) is 6.92 Å². The van der Waals surface area contributed by atoms with Gasteiger partial charge in [0.25, 0.3) is 11.5 Å². The molecule has 0 aliphatic rings. The molecule has 3 N–H and O–H groups in total. The zero-order chi connectivity index (χ0) is 19.4. The highest BCUT2D eigenvalue weighted by Crippen LogP contribution is 2.25. The number of nitrogens with one attached hydrogen (secondary N) is 2. The Morgan fingerprint density at radius 1 is 1.19 bits per heavy atom. The summed E-state index contributed by atoms with van der Waals surface area (Å²) in [5, 5.41) is 12.6. The molecule has 1 heterocycles. The molecular formula is C19H17N3O5. The monoisotopic (exact) mass is 367 g/mol. The van der Waals surface area contributed by atoms with Gasteiger partial charge in [0.1, 0.15) is 29.1 Å². The van der Waals surface area contributed by atoms with Gasteiger partial charge in [-0.2, -0.15) is 0 Å². The van der Waals surface area contributed by atoms with E-state index in [4.69, 9.17) is 4.74 Å². The highest BCUT2D eigenvalue weighted by Gasteiger charge is 2.19. The molecule has 138 valence electrons. The van der Waals surface area contributed by atoms with Gasteiger partial charge in [-0.1, -0.05) is 30.3 Å². The normalized spacial score (nSPS) is 10.6. The molecule has 27 heavy (non-hydrogen) atoms. The molecule has 3 aromatic rings. The maximum absolute atomic E-state index is 12.5. The van der Waals surface area contributed by atoms with Gasteiger partial charge < -0.3 is 20.1 Å². The summed E-state index contributed by atoms with van der Waals surface area (Å²) >= 11 is 0. The number of hydrogen-bond acceptors (Lipinski definition) is 6. The molecule has 0 saturated heterocycles. The van der Waals surface area contributed by atoms with Crippen LogP contribution in [0.15, 0.2) is 47.3 Å². The van der Waals surface area contributed by atoms with Crippen LogP contribution >= 0.6 is 0 Å². The summed E-state index contributed by atoms with van der Waals surface area (Å²) in [6.07, 6.45) is 0. The van der Waals surface area contributed by atoms with Crippen LogP contribution in [-0.2, 0) is 9.53 Å². The standard InChI is InChI=1S/C19H17N3O5/c1-2-27-14(24)10-20-18(25)15-13(23)9-8-12-17(15)22-16(19(26)21-12)11-6-4-3-5-7-11/h3-9,23H,2,10H2,1H3,(H,20,25)(H,21,26). The fraction of sp³-hybridized carbons (Fsp3) is 0.158. The molecule has 0 aliphatic carbocycles. The van der Waals surface area contributed by atoms with Gasteiger partial charge in [0.15, 0.2) is 0 Å². The van der Waals surface area contributed by atoms with E-state index in [9.17, 15) is 19.5 Å². The van der Waals surface area contributed by atoms with E-state index in [1.807, 2.05) is 0 Å². The molecular weight excluding hydrogens is 350 g/mol. The third-order valence-electron chi connectivity index (χ3n) is 3.82. The fourth-order valence-electron chi connectivity index (χ4n) is 2.61. The number of nitrogens with zero attached hydrogens (tertiary/aromatic N) is 1. The Bertz CT molecular complexity index is 1060. The van der Waals surface area contributed by atoms with E-state index in [0.29, 0.717) is 11.1 Å². The molecule has 1 amide bonds. The zero-order valence-corrected chi connectivity index (χ0v) is 14.5. The number of rotatable bonds is 5. The molecule has 2 aromatic carbocycles. The number of H-pyrrole nitrogens is 1. The summed E-state index contributed by atoms with van der Waals surface area (Å²) in [7, 11) is 0. The minimum Gasteiger partial charge on any atom is -0.507 e. The van der Waals surface area contributed by atoms with Crippen LogP contribution in [0.2, 0.25) is 0 Å². The van der Waals surface area contributed by atoms with Gasteiger partial charge in [0, 0.05) is 5.56 Å². The first kappa shape index (κ1) is 18.1. The van der Waals surface area contributed by atoms with Crippen molar-refractivity contribution in [3.8, 4) is 17.0 Å². The third kappa shape index (κ3) is 3.79. The van der Waals surface area contributed by atoms with E-state index < -0.39 is 17.4 Å². The number of fused-ring (bicyclic) bond motifs is 1. The number of amides is 1. The number of benzene rings is 2. The second-order valence-corrected chi connectivity index (χ2v) is 5.62. The first-order chi connectivity index (χ1) is 13.0. The number of aromatic nitrogens is 2. The highest BCUT2D eigenvalue weighted by molar-refractivity contribution is 6.08.